The van der Waals surface area contributed by atoms with Gasteiger partial charge < -0.3 is 14.3 Å². The van der Waals surface area contributed by atoms with Crippen molar-refractivity contribution >= 4 is 45.0 Å². The summed E-state index contributed by atoms with van der Waals surface area (Å²) in [7, 11) is 0. The lowest BCUT2D eigenvalue weighted by Gasteiger charge is -2.22. The number of halogens is 1. The summed E-state index contributed by atoms with van der Waals surface area (Å²) < 4.78 is 21.6. The van der Waals surface area contributed by atoms with Crippen LogP contribution in [0.3, 0.4) is 0 Å². The third-order valence-electron chi connectivity index (χ3n) is 5.63. The number of hydrogen-bond acceptors (Lipinski definition) is 5. The minimum Gasteiger partial charge on any atom is -0.421 e. The number of anilines is 2. The van der Waals surface area contributed by atoms with Crippen molar-refractivity contribution in [1.82, 2.24) is 4.57 Å². The second-order valence-electron chi connectivity index (χ2n) is 7.52. The molecule has 0 atom stereocenters. The van der Waals surface area contributed by atoms with Gasteiger partial charge in [0.1, 0.15) is 16.1 Å². The maximum absolute atomic E-state index is 14.4. The zero-order valence-electron chi connectivity index (χ0n) is 16.6. The van der Waals surface area contributed by atoms with Crippen LogP contribution in [-0.4, -0.2) is 4.57 Å². The Morgan fingerprint density at radius 2 is 1.69 bits per heavy atom. The standard InChI is InChI=1S/C25H15FN2O3S/c26-16-9-3-1-7-14(16)13-28-18-11-5-2-8-15(18)22-20(24(28)29)21-23(25(30)31-22)32-19-12-6-4-10-17(19)27-21/h1-12,27H,13H2. The van der Waals surface area contributed by atoms with E-state index in [0.29, 0.717) is 27.0 Å². The van der Waals surface area contributed by atoms with Gasteiger partial charge in [-0.1, -0.05) is 54.2 Å². The van der Waals surface area contributed by atoms with E-state index in [1.165, 1.54) is 22.4 Å². The SMILES string of the molecule is O=c1oc2c(c3c1Sc1ccccc1N3)c(=O)n(Cc1ccccc1F)c1ccccc21. The first-order valence-electron chi connectivity index (χ1n) is 10.0. The van der Waals surface area contributed by atoms with E-state index < -0.39 is 5.63 Å². The molecule has 5 nitrogen and oxygen atoms in total. The first-order valence-corrected chi connectivity index (χ1v) is 10.8. The summed E-state index contributed by atoms with van der Waals surface area (Å²) in [6.45, 7) is 0.0551. The van der Waals surface area contributed by atoms with Crippen molar-refractivity contribution < 1.29 is 8.81 Å². The molecule has 5 aromatic rings. The van der Waals surface area contributed by atoms with Crippen LogP contribution >= 0.6 is 11.8 Å². The molecule has 0 spiro atoms. The number of nitrogens with one attached hydrogen (secondary N) is 1. The van der Waals surface area contributed by atoms with E-state index in [-0.39, 0.29) is 28.9 Å². The Labute approximate surface area is 185 Å². The molecule has 3 aromatic carbocycles. The summed E-state index contributed by atoms with van der Waals surface area (Å²) in [5.41, 5.74) is 1.58. The monoisotopic (exact) mass is 442 g/mol. The smallest absolute Gasteiger partial charge is 0.352 e. The quantitative estimate of drug-likeness (QED) is 0.359. The molecule has 0 saturated carbocycles. The van der Waals surface area contributed by atoms with Crippen molar-refractivity contribution in [3.05, 3.63) is 105 Å². The maximum Gasteiger partial charge on any atom is 0.352 e. The molecule has 6 rings (SSSR count). The fraction of sp³-hybridized carbons (Fsp3) is 0.0400. The summed E-state index contributed by atoms with van der Waals surface area (Å²) in [5, 5.41) is 4.15. The Bertz CT molecular complexity index is 1670. The summed E-state index contributed by atoms with van der Waals surface area (Å²) in [5.74, 6) is -0.382. The normalized spacial score (nSPS) is 12.4. The van der Waals surface area contributed by atoms with Crippen molar-refractivity contribution in [3.8, 4) is 0 Å². The molecule has 0 unspecified atom stereocenters. The molecule has 1 aliphatic heterocycles. The van der Waals surface area contributed by atoms with Crippen LogP contribution in [0, 0.1) is 5.82 Å². The van der Waals surface area contributed by atoms with Crippen molar-refractivity contribution in [1.29, 1.82) is 0 Å². The summed E-state index contributed by atoms with van der Waals surface area (Å²) in [4.78, 5) is 27.9. The van der Waals surface area contributed by atoms with Crippen molar-refractivity contribution in [2.24, 2.45) is 0 Å². The van der Waals surface area contributed by atoms with Gasteiger partial charge in [-0.05, 0) is 30.3 Å². The molecule has 156 valence electrons. The van der Waals surface area contributed by atoms with Crippen molar-refractivity contribution in [3.63, 3.8) is 0 Å². The van der Waals surface area contributed by atoms with E-state index in [2.05, 4.69) is 5.32 Å². The predicted octanol–water partition coefficient (Wildman–Crippen LogP) is 5.50. The molecule has 0 amide bonds. The first kappa shape index (κ1) is 18.9. The minimum absolute atomic E-state index is 0.0551. The van der Waals surface area contributed by atoms with Crippen LogP contribution in [0.5, 0.6) is 0 Å². The number of para-hydroxylation sites is 2. The van der Waals surface area contributed by atoms with Crippen LogP contribution in [0.15, 0.2) is 96.6 Å². The molecule has 0 fully saturated rings. The van der Waals surface area contributed by atoms with E-state index in [4.69, 9.17) is 4.42 Å². The first-order chi connectivity index (χ1) is 15.6. The maximum atomic E-state index is 14.4. The predicted molar refractivity (Wildman–Crippen MR) is 124 cm³/mol. The van der Waals surface area contributed by atoms with Gasteiger partial charge >= 0.3 is 5.63 Å². The zero-order valence-corrected chi connectivity index (χ0v) is 17.4. The second kappa shape index (κ2) is 7.10. The molecule has 0 bridgehead atoms. The molecule has 0 radical (unpaired) electrons. The Morgan fingerprint density at radius 1 is 0.938 bits per heavy atom. The molecular weight excluding hydrogens is 427 g/mol. The highest BCUT2D eigenvalue weighted by Crippen LogP contribution is 2.45. The van der Waals surface area contributed by atoms with Gasteiger partial charge in [-0.25, -0.2) is 9.18 Å². The number of pyridine rings is 1. The minimum atomic E-state index is -0.504. The molecule has 32 heavy (non-hydrogen) atoms. The van der Waals surface area contributed by atoms with Gasteiger partial charge in [0.15, 0.2) is 5.58 Å². The molecule has 0 saturated heterocycles. The van der Waals surface area contributed by atoms with Crippen LogP contribution in [-0.2, 0) is 6.54 Å². The Hall–Kier alpha value is -3.84. The molecule has 1 N–H and O–H groups in total. The Kier molecular flexibility index (Phi) is 4.19. The largest absolute Gasteiger partial charge is 0.421 e. The fourth-order valence-corrected chi connectivity index (χ4v) is 5.10. The number of nitrogens with zero attached hydrogens (tertiary/aromatic N) is 1. The van der Waals surface area contributed by atoms with E-state index >= 15 is 0 Å². The summed E-state index contributed by atoms with van der Waals surface area (Å²) >= 11 is 1.27. The zero-order chi connectivity index (χ0) is 21.8. The Morgan fingerprint density at radius 3 is 2.56 bits per heavy atom. The molecule has 2 aromatic heterocycles. The third-order valence-corrected chi connectivity index (χ3v) is 6.78. The molecular formula is C25H15FN2O3S. The average Bonchev–Trinajstić information content (AvgIpc) is 2.82. The number of hydrogen-bond donors (Lipinski definition) is 1. The van der Waals surface area contributed by atoms with Gasteiger partial charge in [0, 0.05) is 15.8 Å². The van der Waals surface area contributed by atoms with Crippen LogP contribution in [0.1, 0.15) is 5.56 Å². The summed E-state index contributed by atoms with van der Waals surface area (Å²) in [6, 6.07) is 21.1. The van der Waals surface area contributed by atoms with Crippen molar-refractivity contribution in [2.75, 3.05) is 5.32 Å². The van der Waals surface area contributed by atoms with Crippen LogP contribution in [0.25, 0.3) is 21.9 Å². The fourth-order valence-electron chi connectivity index (χ4n) is 4.13. The average molecular weight is 442 g/mol. The number of fused-ring (bicyclic) bond motifs is 6. The molecule has 7 heteroatoms. The van der Waals surface area contributed by atoms with Gasteiger partial charge in [0.05, 0.1) is 23.4 Å². The van der Waals surface area contributed by atoms with Crippen LogP contribution in [0.2, 0.25) is 0 Å². The lowest BCUT2D eigenvalue weighted by atomic mass is 10.1. The van der Waals surface area contributed by atoms with Crippen molar-refractivity contribution in [2.45, 2.75) is 16.3 Å². The topological polar surface area (TPSA) is 64.2 Å². The lowest BCUT2D eigenvalue weighted by Crippen LogP contribution is -2.24. The van der Waals surface area contributed by atoms with Gasteiger partial charge in [0.2, 0.25) is 0 Å². The number of aromatic nitrogens is 1. The highest BCUT2D eigenvalue weighted by Gasteiger charge is 2.26. The van der Waals surface area contributed by atoms with E-state index in [0.717, 1.165) is 10.6 Å². The summed E-state index contributed by atoms with van der Waals surface area (Å²) in [6.07, 6.45) is 0. The van der Waals surface area contributed by atoms with Gasteiger partial charge in [-0.3, -0.25) is 4.79 Å². The number of rotatable bonds is 2. The second-order valence-corrected chi connectivity index (χ2v) is 8.57. The van der Waals surface area contributed by atoms with E-state index in [1.54, 1.807) is 36.4 Å². The molecule has 1 aliphatic rings. The molecule has 0 aliphatic carbocycles. The van der Waals surface area contributed by atoms with Gasteiger partial charge in [0.25, 0.3) is 5.56 Å². The molecule has 3 heterocycles. The van der Waals surface area contributed by atoms with Gasteiger partial charge in [-0.2, -0.15) is 0 Å². The third kappa shape index (κ3) is 2.78. The van der Waals surface area contributed by atoms with E-state index in [1.807, 2.05) is 30.3 Å². The van der Waals surface area contributed by atoms with Gasteiger partial charge in [-0.15, -0.1) is 0 Å². The lowest BCUT2D eigenvalue weighted by molar-refractivity contribution is 0.546. The van der Waals surface area contributed by atoms with Crippen LogP contribution < -0.4 is 16.5 Å². The number of benzene rings is 3. The Balaban J connectivity index is 1.70. The highest BCUT2D eigenvalue weighted by atomic mass is 32.2. The highest BCUT2D eigenvalue weighted by molar-refractivity contribution is 7.99. The van der Waals surface area contributed by atoms with E-state index in [9.17, 15) is 14.0 Å². The van der Waals surface area contributed by atoms with Crippen LogP contribution in [0.4, 0.5) is 15.8 Å².